The summed E-state index contributed by atoms with van der Waals surface area (Å²) < 4.78 is 13.0. The van der Waals surface area contributed by atoms with E-state index in [4.69, 9.17) is 14.7 Å². The molecule has 2 aliphatic heterocycles. The molecule has 2 fully saturated rings. The minimum atomic E-state index is -0.556. The first-order chi connectivity index (χ1) is 22.9. The van der Waals surface area contributed by atoms with Crippen LogP contribution >= 0.6 is 0 Å². The maximum Gasteiger partial charge on any atom is 0.243 e. The van der Waals surface area contributed by atoms with Crippen molar-refractivity contribution < 1.29 is 34.5 Å². The molecule has 0 saturated carbocycles. The number of carbonyl (C=O) groups excluding carboxylic acids is 2. The largest absolute Gasteiger partial charge is 0.392 e. The van der Waals surface area contributed by atoms with Gasteiger partial charge in [0.05, 0.1) is 24.9 Å². The second-order valence-electron chi connectivity index (χ2n) is 12.6. The molecule has 0 aromatic heterocycles. The Hall–Kier alpha value is -3.64. The number of unbranched alkanes of at least 4 members (excludes halogenated alkanes) is 3. The van der Waals surface area contributed by atoms with Crippen molar-refractivity contribution in [3.63, 3.8) is 0 Å². The molecule has 0 aliphatic carbocycles. The van der Waals surface area contributed by atoms with Crippen LogP contribution in [0.1, 0.15) is 86.0 Å². The number of aliphatic hydroxyl groups is 2. The van der Waals surface area contributed by atoms with Gasteiger partial charge < -0.3 is 25.0 Å². The quantitative estimate of drug-likeness (QED) is 0.0892. The summed E-state index contributed by atoms with van der Waals surface area (Å²) in [7, 11) is 0. The van der Waals surface area contributed by atoms with Crippen LogP contribution in [0.3, 0.4) is 0 Å². The molecule has 3 aromatic carbocycles. The van der Waals surface area contributed by atoms with E-state index in [-0.39, 0.29) is 43.2 Å². The molecule has 2 amide bonds. The van der Waals surface area contributed by atoms with E-state index in [1.54, 1.807) is 5.48 Å². The normalized spacial score (nSPS) is 21.4. The average Bonchev–Trinajstić information content (AvgIpc) is 3.52. The van der Waals surface area contributed by atoms with E-state index in [2.05, 4.69) is 28.4 Å². The summed E-state index contributed by atoms with van der Waals surface area (Å²) in [6.07, 6.45) is 4.21. The van der Waals surface area contributed by atoms with E-state index >= 15 is 0 Å². The van der Waals surface area contributed by atoms with Gasteiger partial charge in [-0.1, -0.05) is 85.6 Å². The Morgan fingerprint density at radius 2 is 1.55 bits per heavy atom. The van der Waals surface area contributed by atoms with Gasteiger partial charge in [-0.2, -0.15) is 0 Å². The lowest BCUT2D eigenvalue weighted by Crippen LogP contribution is -2.38. The van der Waals surface area contributed by atoms with Crippen molar-refractivity contribution in [2.75, 3.05) is 19.6 Å². The van der Waals surface area contributed by atoms with Gasteiger partial charge in [-0.25, -0.2) is 5.48 Å². The van der Waals surface area contributed by atoms with E-state index in [9.17, 15) is 19.8 Å². The maximum atomic E-state index is 12.5. The van der Waals surface area contributed by atoms with Crippen LogP contribution < -0.4 is 10.8 Å². The van der Waals surface area contributed by atoms with Gasteiger partial charge in [0.15, 0.2) is 6.29 Å². The van der Waals surface area contributed by atoms with Crippen LogP contribution in [0.2, 0.25) is 0 Å². The number of hydroxylamine groups is 1. The zero-order chi connectivity index (χ0) is 33.0. The number of amides is 2. The predicted octanol–water partition coefficient (Wildman–Crippen LogP) is 4.92. The van der Waals surface area contributed by atoms with Crippen LogP contribution in [0, 0.1) is 0 Å². The molecule has 0 spiro atoms. The third-order valence-electron chi connectivity index (χ3n) is 8.99. The van der Waals surface area contributed by atoms with Gasteiger partial charge in [-0.05, 0) is 47.1 Å². The van der Waals surface area contributed by atoms with Crippen molar-refractivity contribution >= 4 is 11.8 Å². The number of benzene rings is 3. The summed E-state index contributed by atoms with van der Waals surface area (Å²) >= 11 is 0. The Kier molecular flexibility index (Phi) is 12.9. The summed E-state index contributed by atoms with van der Waals surface area (Å²) in [6, 6.07) is 24.1. The molecule has 5 N–H and O–H groups in total. The smallest absolute Gasteiger partial charge is 0.243 e. The van der Waals surface area contributed by atoms with Crippen LogP contribution in [0.5, 0.6) is 0 Å². The van der Waals surface area contributed by atoms with Crippen molar-refractivity contribution in [1.29, 1.82) is 0 Å². The van der Waals surface area contributed by atoms with Gasteiger partial charge in [0.2, 0.25) is 11.8 Å². The maximum absolute atomic E-state index is 12.5. The summed E-state index contributed by atoms with van der Waals surface area (Å²) in [6.45, 7) is 2.65. The van der Waals surface area contributed by atoms with Crippen molar-refractivity contribution in [2.24, 2.45) is 0 Å². The standard InChI is InChI=1S/C37H47N3O7/c41-25-26-11-13-28(14-12-26)34-21-32(24-40-20-19-31(42)23-40)46-37(47-34)29-17-15-27(16-18-29)33-8-6-5-7-30(33)22-38-35(43)9-3-1-2-4-10-36(44)39-45/h5-8,11-18,31-32,34,37,41-42,45H,1-4,9-10,19-25H2,(H,38,43)(H,39,44)/t31-,32-,34+,37+/m0/s1. The lowest BCUT2D eigenvalue weighted by molar-refractivity contribution is -0.252. The van der Waals surface area contributed by atoms with E-state index < -0.39 is 6.29 Å². The van der Waals surface area contributed by atoms with Crippen molar-refractivity contribution in [3.05, 3.63) is 95.1 Å². The summed E-state index contributed by atoms with van der Waals surface area (Å²) in [4.78, 5) is 25.9. The molecular weight excluding hydrogens is 598 g/mol. The lowest BCUT2D eigenvalue weighted by atomic mass is 9.97. The van der Waals surface area contributed by atoms with Crippen molar-refractivity contribution in [1.82, 2.24) is 15.7 Å². The second-order valence-corrected chi connectivity index (χ2v) is 12.6. The number of likely N-dealkylation sites (tertiary alicyclic amines) is 1. The lowest BCUT2D eigenvalue weighted by Gasteiger charge is -2.38. The van der Waals surface area contributed by atoms with Crippen molar-refractivity contribution in [3.8, 4) is 11.1 Å². The third kappa shape index (κ3) is 10.2. The highest BCUT2D eigenvalue weighted by atomic mass is 16.7. The summed E-state index contributed by atoms with van der Waals surface area (Å²) in [5.41, 5.74) is 7.54. The highest BCUT2D eigenvalue weighted by Crippen LogP contribution is 2.39. The molecule has 4 atom stereocenters. The molecule has 2 aliphatic rings. The Balaban J connectivity index is 1.20. The molecule has 0 unspecified atom stereocenters. The zero-order valence-electron chi connectivity index (χ0n) is 26.9. The Labute approximate surface area is 276 Å². The predicted molar refractivity (Wildman–Crippen MR) is 177 cm³/mol. The average molecular weight is 646 g/mol. The third-order valence-corrected chi connectivity index (χ3v) is 8.99. The van der Waals surface area contributed by atoms with Crippen LogP contribution in [0.15, 0.2) is 72.8 Å². The molecular formula is C37H47N3O7. The molecule has 0 bridgehead atoms. The molecule has 3 aromatic rings. The summed E-state index contributed by atoms with van der Waals surface area (Å²) in [5.74, 6) is -0.390. The van der Waals surface area contributed by atoms with Gasteiger partial charge in [0, 0.05) is 51.0 Å². The minimum absolute atomic E-state index is 0.00415. The number of carbonyl (C=O) groups is 2. The number of nitrogens with zero attached hydrogens (tertiary/aromatic N) is 1. The number of hydrogen-bond donors (Lipinski definition) is 5. The van der Waals surface area contributed by atoms with Gasteiger partial charge >= 0.3 is 0 Å². The Morgan fingerprint density at radius 3 is 2.23 bits per heavy atom. The highest BCUT2D eigenvalue weighted by Gasteiger charge is 2.34. The SMILES string of the molecule is O=C(CCCCCCC(=O)NCc1ccccc1-c1ccc([C@@H]2O[C@H](CN3CC[C@H](O)C3)C[C@H](c3ccc(CO)cc3)O2)cc1)NO. The number of aliphatic hydroxyl groups excluding tert-OH is 2. The van der Waals surface area contributed by atoms with E-state index in [0.717, 1.165) is 72.2 Å². The molecule has 47 heavy (non-hydrogen) atoms. The van der Waals surface area contributed by atoms with Gasteiger partial charge in [-0.3, -0.25) is 19.7 Å². The first-order valence-corrected chi connectivity index (χ1v) is 16.7. The molecule has 5 rings (SSSR count). The molecule has 2 heterocycles. The highest BCUT2D eigenvalue weighted by molar-refractivity contribution is 5.76. The first-order valence-electron chi connectivity index (χ1n) is 16.7. The van der Waals surface area contributed by atoms with Gasteiger partial charge in [0.25, 0.3) is 0 Å². The molecule has 2 saturated heterocycles. The molecule has 10 heteroatoms. The number of hydrogen-bond acceptors (Lipinski definition) is 8. The monoisotopic (exact) mass is 645 g/mol. The Bertz CT molecular complexity index is 1430. The van der Waals surface area contributed by atoms with Gasteiger partial charge in [0.1, 0.15) is 0 Å². The number of ether oxygens (including phenoxy) is 2. The van der Waals surface area contributed by atoms with E-state index in [0.29, 0.717) is 32.4 Å². The molecule has 0 radical (unpaired) electrons. The molecule has 252 valence electrons. The molecule has 10 nitrogen and oxygen atoms in total. The summed E-state index contributed by atoms with van der Waals surface area (Å²) in [5, 5.41) is 31.2. The number of β-amino-alcohol motifs (C(OH)–C–C–N with tert-alkyl or cyclic N) is 1. The minimum Gasteiger partial charge on any atom is -0.392 e. The van der Waals surface area contributed by atoms with Crippen molar-refractivity contribution in [2.45, 2.75) is 89.1 Å². The fourth-order valence-corrected chi connectivity index (χ4v) is 6.34. The Morgan fingerprint density at radius 1 is 0.851 bits per heavy atom. The van der Waals surface area contributed by atoms with Crippen LogP contribution in [0.4, 0.5) is 0 Å². The zero-order valence-corrected chi connectivity index (χ0v) is 26.9. The second kappa shape index (κ2) is 17.5. The number of nitrogens with one attached hydrogen (secondary N) is 2. The fourth-order valence-electron chi connectivity index (χ4n) is 6.34. The van der Waals surface area contributed by atoms with Gasteiger partial charge in [-0.15, -0.1) is 0 Å². The van der Waals surface area contributed by atoms with E-state index in [1.807, 2.05) is 54.6 Å². The van der Waals surface area contributed by atoms with Crippen LogP contribution in [-0.2, 0) is 32.2 Å². The fraction of sp³-hybridized carbons (Fsp3) is 0.459. The van der Waals surface area contributed by atoms with Crippen LogP contribution in [0.25, 0.3) is 11.1 Å². The number of rotatable bonds is 15. The topological polar surface area (TPSA) is 141 Å². The first kappa shape index (κ1) is 34.7. The van der Waals surface area contributed by atoms with Crippen LogP contribution in [-0.4, -0.2) is 64.0 Å². The van der Waals surface area contributed by atoms with E-state index in [1.165, 1.54) is 0 Å².